The lowest BCUT2D eigenvalue weighted by Crippen LogP contribution is -2.54. The van der Waals surface area contributed by atoms with Crippen LogP contribution >= 0.6 is 0 Å². The van der Waals surface area contributed by atoms with Crippen molar-refractivity contribution in [2.75, 3.05) is 0 Å². The van der Waals surface area contributed by atoms with Crippen molar-refractivity contribution in [2.24, 2.45) is 34.5 Å². The van der Waals surface area contributed by atoms with Crippen molar-refractivity contribution in [3.8, 4) is 0 Å². The van der Waals surface area contributed by atoms with E-state index in [0.717, 1.165) is 37.2 Å². The SMILES string of the molecule is C[C@]12CC[C@H](OCc3ccccc3)C[C@@H]1CC[C@H]1[C@H]3CCC(=O)[C@@]3(C)CC[C@@H]12. The largest absolute Gasteiger partial charge is 0.374 e. The van der Waals surface area contributed by atoms with Crippen LogP contribution in [-0.4, -0.2) is 11.9 Å². The highest BCUT2D eigenvalue weighted by atomic mass is 16.5. The number of carbonyl (C=O) groups is 1. The Labute approximate surface area is 170 Å². The van der Waals surface area contributed by atoms with E-state index in [-0.39, 0.29) is 5.41 Å². The number of rotatable bonds is 3. The van der Waals surface area contributed by atoms with Gasteiger partial charge in [0.1, 0.15) is 5.78 Å². The van der Waals surface area contributed by atoms with Crippen LogP contribution in [0, 0.1) is 34.5 Å². The van der Waals surface area contributed by atoms with Gasteiger partial charge in [0.2, 0.25) is 0 Å². The molecule has 7 atom stereocenters. The summed E-state index contributed by atoms with van der Waals surface area (Å²) in [5.74, 6) is 3.69. The Hall–Kier alpha value is -1.15. The maximum Gasteiger partial charge on any atom is 0.139 e. The number of carbonyl (C=O) groups excluding carboxylic acids is 1. The summed E-state index contributed by atoms with van der Waals surface area (Å²) in [5, 5.41) is 0. The molecule has 0 spiro atoms. The van der Waals surface area contributed by atoms with Gasteiger partial charge < -0.3 is 4.74 Å². The van der Waals surface area contributed by atoms with Crippen molar-refractivity contribution in [1.29, 1.82) is 0 Å². The van der Waals surface area contributed by atoms with Gasteiger partial charge in [0, 0.05) is 11.8 Å². The molecule has 1 aromatic carbocycles. The number of Topliss-reactive ketones (excluding diaryl/α,β-unsaturated/α-hetero) is 1. The first-order valence-electron chi connectivity index (χ1n) is 11.7. The van der Waals surface area contributed by atoms with Crippen molar-refractivity contribution in [3.63, 3.8) is 0 Å². The Kier molecular flexibility index (Phi) is 4.69. The third-order valence-electron chi connectivity index (χ3n) is 9.66. The molecular weight excluding hydrogens is 344 g/mol. The minimum atomic E-state index is 0.0142. The zero-order valence-electron chi connectivity index (χ0n) is 17.7. The highest BCUT2D eigenvalue weighted by Gasteiger charge is 2.60. The lowest BCUT2D eigenvalue weighted by atomic mass is 9.45. The van der Waals surface area contributed by atoms with E-state index < -0.39 is 0 Å². The minimum absolute atomic E-state index is 0.0142. The van der Waals surface area contributed by atoms with E-state index in [9.17, 15) is 4.79 Å². The van der Waals surface area contributed by atoms with Crippen LogP contribution in [0.5, 0.6) is 0 Å². The first-order chi connectivity index (χ1) is 13.5. The van der Waals surface area contributed by atoms with E-state index in [4.69, 9.17) is 4.74 Å². The molecule has 0 unspecified atom stereocenters. The number of ether oxygens (including phenoxy) is 1. The fourth-order valence-corrected chi connectivity index (χ4v) is 7.93. The molecule has 0 radical (unpaired) electrons. The Morgan fingerprint density at radius 2 is 1.79 bits per heavy atom. The first kappa shape index (κ1) is 18.9. The zero-order chi connectivity index (χ0) is 19.4. The molecule has 0 aromatic heterocycles. The number of hydrogen-bond acceptors (Lipinski definition) is 2. The second-order valence-electron chi connectivity index (χ2n) is 10.8. The summed E-state index contributed by atoms with van der Waals surface area (Å²) in [6.45, 7) is 5.65. The molecular formula is C26H36O2. The third-order valence-corrected chi connectivity index (χ3v) is 9.66. The summed E-state index contributed by atoms with van der Waals surface area (Å²) in [6.07, 6.45) is 11.3. The summed E-state index contributed by atoms with van der Waals surface area (Å²) in [7, 11) is 0. The molecule has 0 amide bonds. The van der Waals surface area contributed by atoms with Crippen LogP contribution in [0.3, 0.4) is 0 Å². The molecule has 0 heterocycles. The van der Waals surface area contributed by atoms with Gasteiger partial charge in [-0.1, -0.05) is 44.2 Å². The average Bonchev–Trinajstić information content (AvgIpc) is 3.02. The molecule has 5 rings (SSSR count). The van der Waals surface area contributed by atoms with Gasteiger partial charge in [0.25, 0.3) is 0 Å². The van der Waals surface area contributed by atoms with Crippen molar-refractivity contribution in [1.82, 2.24) is 0 Å². The quantitative estimate of drug-likeness (QED) is 0.625. The van der Waals surface area contributed by atoms with Crippen molar-refractivity contribution in [2.45, 2.75) is 84.3 Å². The number of ketones is 1. The minimum Gasteiger partial charge on any atom is -0.374 e. The third kappa shape index (κ3) is 2.90. The monoisotopic (exact) mass is 380 g/mol. The van der Waals surface area contributed by atoms with Gasteiger partial charge in [-0.25, -0.2) is 0 Å². The predicted molar refractivity (Wildman–Crippen MR) is 112 cm³/mol. The van der Waals surface area contributed by atoms with Gasteiger partial charge in [-0.3, -0.25) is 4.79 Å². The van der Waals surface area contributed by atoms with Gasteiger partial charge >= 0.3 is 0 Å². The molecule has 2 nitrogen and oxygen atoms in total. The first-order valence-corrected chi connectivity index (χ1v) is 11.7. The van der Waals surface area contributed by atoms with Crippen LogP contribution in [0.1, 0.15) is 77.2 Å². The summed E-state index contributed by atoms with van der Waals surface area (Å²) in [5.41, 5.74) is 1.78. The molecule has 4 fully saturated rings. The molecule has 4 saturated carbocycles. The maximum atomic E-state index is 12.6. The van der Waals surface area contributed by atoms with Crippen LogP contribution in [0.15, 0.2) is 30.3 Å². The Bertz CT molecular complexity index is 727. The van der Waals surface area contributed by atoms with E-state index in [2.05, 4.69) is 44.2 Å². The van der Waals surface area contributed by atoms with Gasteiger partial charge in [-0.05, 0) is 86.0 Å². The van der Waals surface area contributed by atoms with E-state index in [1.54, 1.807) is 0 Å². The molecule has 4 aliphatic rings. The second kappa shape index (κ2) is 6.97. The smallest absolute Gasteiger partial charge is 0.139 e. The molecule has 28 heavy (non-hydrogen) atoms. The highest BCUT2D eigenvalue weighted by Crippen LogP contribution is 2.65. The van der Waals surface area contributed by atoms with Crippen LogP contribution in [0.4, 0.5) is 0 Å². The highest BCUT2D eigenvalue weighted by molar-refractivity contribution is 5.87. The van der Waals surface area contributed by atoms with Crippen LogP contribution in [0.2, 0.25) is 0 Å². The number of benzene rings is 1. The Morgan fingerprint density at radius 1 is 0.964 bits per heavy atom. The standard InChI is InChI=1S/C26H36O2/c1-25-14-12-20(28-17-18-6-4-3-5-7-18)16-19(25)8-9-21-22-10-11-24(27)26(22,2)15-13-23(21)25/h3-7,19-23H,8-17H2,1-2H3/t19-,20-,21-,22+,23-,25-,26-/m0/s1. The molecule has 4 aliphatic carbocycles. The summed E-state index contributed by atoms with van der Waals surface area (Å²) >= 11 is 0. The van der Waals surface area contributed by atoms with Crippen molar-refractivity contribution < 1.29 is 9.53 Å². The van der Waals surface area contributed by atoms with Gasteiger partial charge in [-0.2, -0.15) is 0 Å². The molecule has 0 bridgehead atoms. The number of hydrogen-bond donors (Lipinski definition) is 0. The maximum absolute atomic E-state index is 12.6. The van der Waals surface area contributed by atoms with Gasteiger partial charge in [0.05, 0.1) is 12.7 Å². The average molecular weight is 381 g/mol. The summed E-state index contributed by atoms with van der Waals surface area (Å²) < 4.78 is 6.35. The fourth-order valence-electron chi connectivity index (χ4n) is 7.93. The lowest BCUT2D eigenvalue weighted by molar-refractivity contribution is -0.145. The van der Waals surface area contributed by atoms with Gasteiger partial charge in [-0.15, -0.1) is 0 Å². The lowest BCUT2D eigenvalue weighted by Gasteiger charge is -2.60. The van der Waals surface area contributed by atoms with Crippen LogP contribution in [-0.2, 0) is 16.1 Å². The van der Waals surface area contributed by atoms with Crippen molar-refractivity contribution in [3.05, 3.63) is 35.9 Å². The molecule has 2 heteroatoms. The molecule has 1 aromatic rings. The van der Waals surface area contributed by atoms with Crippen LogP contribution in [0.25, 0.3) is 0 Å². The summed E-state index contributed by atoms with van der Waals surface area (Å²) in [6, 6.07) is 10.6. The normalized spacial score (nSPS) is 45.2. The van der Waals surface area contributed by atoms with Crippen molar-refractivity contribution >= 4 is 5.78 Å². The van der Waals surface area contributed by atoms with E-state index >= 15 is 0 Å². The molecule has 0 aliphatic heterocycles. The van der Waals surface area contributed by atoms with Crippen LogP contribution < -0.4 is 0 Å². The second-order valence-corrected chi connectivity index (χ2v) is 10.8. The Balaban J connectivity index is 1.27. The Morgan fingerprint density at radius 3 is 2.61 bits per heavy atom. The summed E-state index contributed by atoms with van der Waals surface area (Å²) in [4.78, 5) is 12.6. The molecule has 0 N–H and O–H groups in total. The van der Waals surface area contributed by atoms with E-state index in [1.807, 2.05) is 0 Å². The predicted octanol–water partition coefficient (Wildman–Crippen LogP) is 6.18. The topological polar surface area (TPSA) is 26.3 Å². The van der Waals surface area contributed by atoms with E-state index in [0.29, 0.717) is 23.2 Å². The molecule has 0 saturated heterocycles. The fraction of sp³-hybridized carbons (Fsp3) is 0.731. The zero-order valence-corrected chi connectivity index (χ0v) is 17.7. The number of fused-ring (bicyclic) bond motifs is 5. The van der Waals surface area contributed by atoms with Gasteiger partial charge in [0.15, 0.2) is 0 Å². The van der Waals surface area contributed by atoms with E-state index in [1.165, 1.54) is 50.5 Å². The molecule has 152 valence electrons.